The molecular formula is C20H20ClNO. The molecule has 23 heavy (non-hydrogen) atoms. The van der Waals surface area contributed by atoms with Crippen molar-refractivity contribution in [3.05, 3.63) is 64.2 Å². The van der Waals surface area contributed by atoms with E-state index in [2.05, 4.69) is 30.0 Å². The molecule has 2 nitrogen and oxygen atoms in total. The Morgan fingerprint density at radius 3 is 2.52 bits per heavy atom. The number of likely N-dealkylation sites (tertiary alicyclic amines) is 1. The smallest absolute Gasteiger partial charge is 0.135 e. The summed E-state index contributed by atoms with van der Waals surface area (Å²) in [5.74, 6) is 1.86. The molecule has 1 saturated heterocycles. The first-order chi connectivity index (χ1) is 11.3. The van der Waals surface area contributed by atoms with Crippen LogP contribution in [0.1, 0.15) is 30.9 Å². The van der Waals surface area contributed by atoms with Crippen molar-refractivity contribution in [2.75, 3.05) is 19.6 Å². The highest BCUT2D eigenvalue weighted by Crippen LogP contribution is 2.47. The molecule has 1 fully saturated rings. The van der Waals surface area contributed by atoms with Gasteiger partial charge in [0.25, 0.3) is 0 Å². The fourth-order valence-corrected chi connectivity index (χ4v) is 3.75. The lowest BCUT2D eigenvalue weighted by Crippen LogP contribution is -2.30. The Kier molecular flexibility index (Phi) is 3.88. The first-order valence-corrected chi connectivity index (χ1v) is 8.65. The van der Waals surface area contributed by atoms with Crippen molar-refractivity contribution in [3.8, 4) is 11.5 Å². The fraction of sp³-hybridized carbons (Fsp3) is 0.300. The van der Waals surface area contributed by atoms with Crippen LogP contribution in [0.3, 0.4) is 0 Å². The highest BCUT2D eigenvalue weighted by atomic mass is 35.5. The van der Waals surface area contributed by atoms with Crippen molar-refractivity contribution < 1.29 is 4.74 Å². The summed E-state index contributed by atoms with van der Waals surface area (Å²) in [6, 6.07) is 14.2. The van der Waals surface area contributed by atoms with E-state index in [1.165, 1.54) is 16.7 Å². The largest absolute Gasteiger partial charge is 0.456 e. The topological polar surface area (TPSA) is 12.5 Å². The van der Waals surface area contributed by atoms with Gasteiger partial charge < -0.3 is 9.64 Å². The predicted octanol–water partition coefficient (Wildman–Crippen LogP) is 5.36. The fourth-order valence-electron chi connectivity index (χ4n) is 3.58. The third-order valence-electron chi connectivity index (χ3n) is 4.85. The Morgan fingerprint density at radius 1 is 1.00 bits per heavy atom. The summed E-state index contributed by atoms with van der Waals surface area (Å²) in [5.41, 5.74) is 5.19. The molecule has 2 aliphatic rings. The second-order valence-electron chi connectivity index (χ2n) is 6.15. The molecule has 0 N–H and O–H groups in total. The monoisotopic (exact) mass is 325 g/mol. The molecular weight excluding hydrogens is 306 g/mol. The maximum absolute atomic E-state index is 6.27. The number of rotatable bonds is 1. The Bertz CT molecular complexity index is 771. The van der Waals surface area contributed by atoms with E-state index in [0.717, 1.165) is 54.6 Å². The van der Waals surface area contributed by atoms with E-state index >= 15 is 0 Å². The van der Waals surface area contributed by atoms with Gasteiger partial charge >= 0.3 is 0 Å². The third kappa shape index (κ3) is 2.66. The molecule has 0 atom stereocenters. The summed E-state index contributed by atoms with van der Waals surface area (Å²) in [4.78, 5) is 2.51. The highest BCUT2D eigenvalue weighted by molar-refractivity contribution is 6.30. The number of hydrogen-bond acceptors (Lipinski definition) is 2. The lowest BCUT2D eigenvalue weighted by molar-refractivity contribution is 0.270. The number of hydrogen-bond donors (Lipinski definition) is 0. The Balaban J connectivity index is 1.87. The van der Waals surface area contributed by atoms with E-state index in [1.54, 1.807) is 0 Å². The first kappa shape index (κ1) is 14.8. The number of nitrogens with zero attached hydrogens (tertiary/aromatic N) is 1. The van der Waals surface area contributed by atoms with Crippen molar-refractivity contribution in [3.63, 3.8) is 0 Å². The Labute approximate surface area is 142 Å². The van der Waals surface area contributed by atoms with E-state index in [4.69, 9.17) is 16.3 Å². The van der Waals surface area contributed by atoms with Gasteiger partial charge in [0.05, 0.1) is 0 Å². The van der Waals surface area contributed by atoms with E-state index in [9.17, 15) is 0 Å². The quantitative estimate of drug-likeness (QED) is 0.597. The summed E-state index contributed by atoms with van der Waals surface area (Å²) in [6.45, 7) is 5.63. The molecule has 0 unspecified atom stereocenters. The van der Waals surface area contributed by atoms with Crippen LogP contribution in [0.4, 0.5) is 0 Å². The minimum atomic E-state index is 0.760. The molecule has 3 heteroatoms. The lowest BCUT2D eigenvalue weighted by Gasteiger charge is -2.31. The molecule has 118 valence electrons. The van der Waals surface area contributed by atoms with Crippen LogP contribution in [0.25, 0.3) is 5.57 Å². The summed E-state index contributed by atoms with van der Waals surface area (Å²) in [6.07, 6.45) is 2.23. The molecule has 0 aliphatic carbocycles. The van der Waals surface area contributed by atoms with Crippen LogP contribution in [0.2, 0.25) is 5.02 Å². The summed E-state index contributed by atoms with van der Waals surface area (Å²) in [7, 11) is 0. The van der Waals surface area contributed by atoms with Gasteiger partial charge in [-0.25, -0.2) is 0 Å². The number of halogens is 1. The van der Waals surface area contributed by atoms with Crippen LogP contribution in [0.5, 0.6) is 11.5 Å². The number of piperidine rings is 1. The van der Waals surface area contributed by atoms with Crippen molar-refractivity contribution in [2.45, 2.75) is 19.8 Å². The van der Waals surface area contributed by atoms with Crippen molar-refractivity contribution in [1.29, 1.82) is 0 Å². The number of para-hydroxylation sites is 1. The first-order valence-electron chi connectivity index (χ1n) is 8.28. The van der Waals surface area contributed by atoms with Crippen LogP contribution in [-0.4, -0.2) is 24.5 Å². The number of fused-ring (bicyclic) bond motifs is 2. The molecule has 0 amide bonds. The van der Waals surface area contributed by atoms with Gasteiger partial charge in [0.1, 0.15) is 11.5 Å². The molecule has 2 aromatic rings. The number of benzene rings is 2. The zero-order chi connectivity index (χ0) is 15.8. The van der Waals surface area contributed by atoms with E-state index in [0.29, 0.717) is 0 Å². The average Bonchev–Trinajstić information content (AvgIpc) is 2.60. The zero-order valence-corrected chi connectivity index (χ0v) is 14.1. The Hall–Kier alpha value is -1.77. The summed E-state index contributed by atoms with van der Waals surface area (Å²) < 4.78 is 6.09. The maximum Gasteiger partial charge on any atom is 0.135 e. The third-order valence-corrected chi connectivity index (χ3v) is 5.08. The van der Waals surface area contributed by atoms with Gasteiger partial charge in [-0.15, -0.1) is 0 Å². The van der Waals surface area contributed by atoms with Crippen molar-refractivity contribution >= 4 is 17.2 Å². The summed E-state index contributed by atoms with van der Waals surface area (Å²) >= 11 is 6.27. The van der Waals surface area contributed by atoms with Gasteiger partial charge in [-0.1, -0.05) is 42.3 Å². The molecule has 0 aromatic heterocycles. The van der Waals surface area contributed by atoms with E-state index in [1.807, 2.05) is 24.3 Å². The maximum atomic E-state index is 6.27. The molecule has 0 saturated carbocycles. The average molecular weight is 326 g/mol. The van der Waals surface area contributed by atoms with Crippen LogP contribution < -0.4 is 4.74 Å². The molecule has 2 aromatic carbocycles. The summed E-state index contributed by atoms with van der Waals surface area (Å²) in [5, 5.41) is 0.760. The van der Waals surface area contributed by atoms with E-state index in [-0.39, 0.29) is 0 Å². The van der Waals surface area contributed by atoms with Gasteiger partial charge in [0.2, 0.25) is 0 Å². The molecule has 0 spiro atoms. The SMILES string of the molecule is CCN1CCC(=C2c3ccccc3Oc3ccc(Cl)cc32)CC1. The zero-order valence-electron chi connectivity index (χ0n) is 13.3. The molecule has 0 bridgehead atoms. The second kappa shape index (κ2) is 6.03. The molecule has 4 rings (SSSR count). The van der Waals surface area contributed by atoms with Gasteiger partial charge in [-0.2, -0.15) is 0 Å². The second-order valence-corrected chi connectivity index (χ2v) is 6.59. The van der Waals surface area contributed by atoms with Crippen LogP contribution >= 0.6 is 11.6 Å². The minimum absolute atomic E-state index is 0.760. The van der Waals surface area contributed by atoms with Crippen LogP contribution in [-0.2, 0) is 0 Å². The van der Waals surface area contributed by atoms with Crippen molar-refractivity contribution in [2.24, 2.45) is 0 Å². The normalized spacial score (nSPS) is 17.5. The Morgan fingerprint density at radius 2 is 1.74 bits per heavy atom. The van der Waals surface area contributed by atoms with Gasteiger partial charge in [-0.05, 0) is 49.2 Å². The number of ether oxygens (including phenoxy) is 1. The molecule has 2 heterocycles. The van der Waals surface area contributed by atoms with Gasteiger partial charge in [-0.3, -0.25) is 0 Å². The van der Waals surface area contributed by atoms with Crippen LogP contribution in [0.15, 0.2) is 48.0 Å². The lowest BCUT2D eigenvalue weighted by atomic mass is 9.86. The van der Waals surface area contributed by atoms with Crippen molar-refractivity contribution in [1.82, 2.24) is 4.90 Å². The van der Waals surface area contributed by atoms with Gasteiger partial charge in [0, 0.05) is 29.2 Å². The van der Waals surface area contributed by atoms with Crippen LogP contribution in [0, 0.1) is 0 Å². The molecule has 2 aliphatic heterocycles. The van der Waals surface area contributed by atoms with Gasteiger partial charge in [0.15, 0.2) is 0 Å². The van der Waals surface area contributed by atoms with E-state index < -0.39 is 0 Å². The standard InChI is InChI=1S/C20H20ClNO/c1-2-22-11-9-14(10-12-22)20-16-5-3-4-6-18(16)23-19-8-7-15(21)13-17(19)20/h3-8,13H,2,9-12H2,1H3. The minimum Gasteiger partial charge on any atom is -0.456 e. The predicted molar refractivity (Wildman–Crippen MR) is 95.3 cm³/mol. The molecule has 0 radical (unpaired) electrons. The highest BCUT2D eigenvalue weighted by Gasteiger charge is 2.26.